The molecule has 0 bridgehead atoms. The molecule has 0 aliphatic carbocycles. The van der Waals surface area contributed by atoms with Crippen LogP contribution in [-0.4, -0.2) is 15.1 Å². The van der Waals surface area contributed by atoms with Crippen molar-refractivity contribution >= 4 is 17.7 Å². The van der Waals surface area contributed by atoms with Crippen LogP contribution in [0.4, 0.5) is 0 Å². The second kappa shape index (κ2) is 2.79. The van der Waals surface area contributed by atoms with Crippen molar-refractivity contribution in [1.82, 2.24) is 9.97 Å². The van der Waals surface area contributed by atoms with Gasteiger partial charge in [0.2, 0.25) is 5.12 Å². The molecule has 0 radical (unpaired) electrons. The second-order valence-electron chi connectivity index (χ2n) is 1.79. The monoisotopic (exact) mass is 154 g/mol. The molecule has 0 aromatic carbocycles. The Morgan fingerprint density at radius 1 is 1.70 bits per heavy atom. The lowest BCUT2D eigenvalue weighted by Crippen LogP contribution is -1.96. The van der Waals surface area contributed by atoms with Crippen LogP contribution in [0.1, 0.15) is 16.3 Å². The summed E-state index contributed by atoms with van der Waals surface area (Å²) in [5.74, 6) is 0.583. The normalized spacial score (nSPS) is 9.40. The van der Waals surface area contributed by atoms with Gasteiger partial charge in [-0.25, -0.2) is 9.97 Å². The van der Waals surface area contributed by atoms with E-state index in [-0.39, 0.29) is 5.12 Å². The second-order valence-corrected chi connectivity index (χ2v) is 2.20. The zero-order valence-corrected chi connectivity index (χ0v) is 6.30. The van der Waals surface area contributed by atoms with Crippen LogP contribution in [0.5, 0.6) is 0 Å². The molecule has 0 saturated carbocycles. The van der Waals surface area contributed by atoms with E-state index < -0.39 is 0 Å². The summed E-state index contributed by atoms with van der Waals surface area (Å²) in [6.45, 7) is 1.72. The molecule has 10 heavy (non-hydrogen) atoms. The number of rotatable bonds is 1. The summed E-state index contributed by atoms with van der Waals surface area (Å²) < 4.78 is 0. The van der Waals surface area contributed by atoms with E-state index in [4.69, 9.17) is 0 Å². The number of carbonyl (C=O) groups is 1. The molecule has 0 aliphatic rings. The Morgan fingerprint density at radius 3 is 2.80 bits per heavy atom. The van der Waals surface area contributed by atoms with Crippen molar-refractivity contribution in [1.29, 1.82) is 0 Å². The smallest absolute Gasteiger partial charge is 0.234 e. The number of aromatic nitrogens is 2. The minimum atomic E-state index is -0.328. The first-order valence-corrected chi connectivity index (χ1v) is 3.18. The summed E-state index contributed by atoms with van der Waals surface area (Å²) in [4.78, 5) is 18.2. The van der Waals surface area contributed by atoms with Gasteiger partial charge in [-0.05, 0) is 13.0 Å². The predicted octanol–water partition coefficient (Wildman–Crippen LogP) is 0.855. The maximum absolute atomic E-state index is 10.6. The highest BCUT2D eigenvalue weighted by Crippen LogP contribution is 1.97. The summed E-state index contributed by atoms with van der Waals surface area (Å²) in [5.41, 5.74) is 0.343. The van der Waals surface area contributed by atoms with Gasteiger partial charge in [0.1, 0.15) is 11.5 Å². The van der Waals surface area contributed by atoms with E-state index in [2.05, 4.69) is 22.6 Å². The third-order valence-corrected chi connectivity index (χ3v) is 1.22. The summed E-state index contributed by atoms with van der Waals surface area (Å²) in [5, 5.41) is -0.328. The van der Waals surface area contributed by atoms with Crippen molar-refractivity contribution in [3.05, 3.63) is 23.8 Å². The molecule has 0 unspecified atom stereocenters. The lowest BCUT2D eigenvalue weighted by Gasteiger charge is -1.92. The highest BCUT2D eigenvalue weighted by Gasteiger charge is 1.99. The van der Waals surface area contributed by atoms with Gasteiger partial charge in [0.15, 0.2) is 0 Å². The van der Waals surface area contributed by atoms with Gasteiger partial charge in [-0.1, -0.05) is 12.6 Å². The van der Waals surface area contributed by atoms with Crippen molar-refractivity contribution < 1.29 is 4.79 Å². The number of nitrogens with zero attached hydrogens (tertiary/aromatic N) is 2. The third-order valence-electron chi connectivity index (χ3n) is 0.995. The fourth-order valence-corrected chi connectivity index (χ4v) is 0.700. The lowest BCUT2D eigenvalue weighted by molar-refractivity contribution is 0.108. The van der Waals surface area contributed by atoms with Gasteiger partial charge >= 0.3 is 0 Å². The van der Waals surface area contributed by atoms with E-state index in [0.29, 0.717) is 11.5 Å². The molecule has 0 fully saturated rings. The Morgan fingerprint density at radius 2 is 2.40 bits per heavy atom. The molecule has 52 valence electrons. The van der Waals surface area contributed by atoms with Crippen LogP contribution in [0.3, 0.4) is 0 Å². The Balaban J connectivity index is 3.07. The maximum Gasteiger partial charge on any atom is 0.234 e. The molecule has 1 aromatic heterocycles. The first-order chi connectivity index (χ1) is 4.70. The molecule has 0 spiro atoms. The third kappa shape index (κ3) is 1.54. The largest absolute Gasteiger partial charge is 0.280 e. The highest BCUT2D eigenvalue weighted by molar-refractivity contribution is 7.97. The minimum absolute atomic E-state index is 0.328. The zero-order valence-electron chi connectivity index (χ0n) is 5.40. The number of hydrogen-bond donors (Lipinski definition) is 1. The number of carbonyl (C=O) groups excluding carboxylic acids is 1. The fourth-order valence-electron chi connectivity index (χ4n) is 0.575. The van der Waals surface area contributed by atoms with Crippen LogP contribution in [-0.2, 0) is 0 Å². The Bertz CT molecular complexity index is 262. The van der Waals surface area contributed by atoms with Gasteiger partial charge in [0.25, 0.3) is 0 Å². The van der Waals surface area contributed by atoms with Crippen LogP contribution >= 0.6 is 12.6 Å². The van der Waals surface area contributed by atoms with E-state index in [1.54, 1.807) is 6.92 Å². The Kier molecular flexibility index (Phi) is 2.01. The van der Waals surface area contributed by atoms with Gasteiger partial charge < -0.3 is 0 Å². The van der Waals surface area contributed by atoms with Crippen molar-refractivity contribution in [3.63, 3.8) is 0 Å². The minimum Gasteiger partial charge on any atom is -0.280 e. The quantitative estimate of drug-likeness (QED) is 0.610. The first kappa shape index (κ1) is 7.21. The van der Waals surface area contributed by atoms with Crippen LogP contribution < -0.4 is 0 Å². The summed E-state index contributed by atoms with van der Waals surface area (Å²) in [6.07, 6.45) is 1.53. The number of aryl methyl sites for hydroxylation is 1. The molecular formula is C6H6N2OS. The van der Waals surface area contributed by atoms with Gasteiger partial charge in [-0.2, -0.15) is 0 Å². The summed E-state index contributed by atoms with van der Waals surface area (Å²) in [6, 6.07) is 1.53. The maximum atomic E-state index is 10.6. The Labute approximate surface area is 63.9 Å². The molecule has 0 N–H and O–H groups in total. The van der Waals surface area contributed by atoms with Crippen molar-refractivity contribution in [2.45, 2.75) is 6.92 Å². The van der Waals surface area contributed by atoms with E-state index in [1.165, 1.54) is 12.3 Å². The van der Waals surface area contributed by atoms with Crippen LogP contribution in [0.2, 0.25) is 0 Å². The number of hydrogen-bond acceptors (Lipinski definition) is 3. The molecular weight excluding hydrogens is 148 g/mol. The molecule has 0 amide bonds. The standard InChI is InChI=1S/C6H6N2OS/c1-4-7-3-2-5(8-4)6(9)10/h2-3H,1H3,(H,9,10). The van der Waals surface area contributed by atoms with Gasteiger partial charge in [0.05, 0.1) is 0 Å². The van der Waals surface area contributed by atoms with Gasteiger partial charge in [-0.3, -0.25) is 4.79 Å². The molecule has 0 atom stereocenters. The van der Waals surface area contributed by atoms with E-state index in [1.807, 2.05) is 0 Å². The van der Waals surface area contributed by atoms with E-state index in [0.717, 1.165) is 0 Å². The van der Waals surface area contributed by atoms with Crippen LogP contribution in [0.25, 0.3) is 0 Å². The molecule has 0 saturated heterocycles. The molecule has 1 rings (SSSR count). The predicted molar refractivity (Wildman–Crippen MR) is 40.1 cm³/mol. The van der Waals surface area contributed by atoms with Crippen molar-refractivity contribution in [2.24, 2.45) is 0 Å². The van der Waals surface area contributed by atoms with Crippen molar-refractivity contribution in [3.8, 4) is 0 Å². The molecule has 0 aliphatic heterocycles. The average molecular weight is 154 g/mol. The molecule has 1 aromatic rings. The zero-order chi connectivity index (χ0) is 7.56. The molecule has 3 nitrogen and oxygen atoms in total. The van der Waals surface area contributed by atoms with Gasteiger partial charge in [0, 0.05) is 6.20 Å². The van der Waals surface area contributed by atoms with Crippen molar-refractivity contribution in [2.75, 3.05) is 0 Å². The number of thiol groups is 1. The van der Waals surface area contributed by atoms with E-state index >= 15 is 0 Å². The van der Waals surface area contributed by atoms with Crippen LogP contribution in [0, 0.1) is 6.92 Å². The van der Waals surface area contributed by atoms with Gasteiger partial charge in [-0.15, -0.1) is 0 Å². The SMILES string of the molecule is Cc1nccc(C(=O)S)n1. The molecule has 1 heterocycles. The Hall–Kier alpha value is -0.900. The van der Waals surface area contributed by atoms with Crippen LogP contribution in [0.15, 0.2) is 12.3 Å². The first-order valence-electron chi connectivity index (χ1n) is 2.73. The highest BCUT2D eigenvalue weighted by atomic mass is 32.1. The lowest BCUT2D eigenvalue weighted by atomic mass is 10.4. The van der Waals surface area contributed by atoms with E-state index in [9.17, 15) is 4.79 Å². The summed E-state index contributed by atoms with van der Waals surface area (Å²) >= 11 is 3.61. The average Bonchev–Trinajstić information content (AvgIpc) is 1.88. The molecule has 4 heteroatoms. The topological polar surface area (TPSA) is 42.9 Å². The summed E-state index contributed by atoms with van der Waals surface area (Å²) in [7, 11) is 0. The fraction of sp³-hybridized carbons (Fsp3) is 0.167.